The van der Waals surface area contributed by atoms with Crippen LogP contribution in [0.4, 0.5) is 21.9 Å². The van der Waals surface area contributed by atoms with E-state index in [1.54, 1.807) is 18.2 Å². The van der Waals surface area contributed by atoms with Gasteiger partial charge in [0.05, 0.1) is 30.3 Å². The van der Waals surface area contributed by atoms with Crippen molar-refractivity contribution in [2.45, 2.75) is 50.9 Å². The van der Waals surface area contributed by atoms with Crippen molar-refractivity contribution in [1.29, 1.82) is 0 Å². The molecule has 1 saturated heterocycles. The fourth-order valence-corrected chi connectivity index (χ4v) is 6.92. The number of aromatic hydroxyl groups is 1. The second kappa shape index (κ2) is 17.8. The summed E-state index contributed by atoms with van der Waals surface area (Å²) >= 11 is 0. The lowest BCUT2D eigenvalue weighted by atomic mass is 9.93. The number of piperidine rings is 1. The van der Waals surface area contributed by atoms with Crippen LogP contribution in [0.5, 0.6) is 11.5 Å². The number of aliphatic hydroxyl groups is 1. The number of likely N-dealkylation sites (tertiary alicyclic amines) is 1. The maximum absolute atomic E-state index is 13.0. The molecule has 2 heterocycles. The lowest BCUT2D eigenvalue weighted by molar-refractivity contribution is -0.117. The predicted molar refractivity (Wildman–Crippen MR) is 207 cm³/mol. The molecule has 3 amide bonds. The molecule has 0 aromatic heterocycles. The van der Waals surface area contributed by atoms with E-state index in [0.717, 1.165) is 22.3 Å². The van der Waals surface area contributed by atoms with Crippen molar-refractivity contribution >= 4 is 35.0 Å². The quantitative estimate of drug-likeness (QED) is 0.0738. The van der Waals surface area contributed by atoms with Gasteiger partial charge in [0.15, 0.2) is 0 Å². The number of phenols is 1. The molecule has 54 heavy (non-hydrogen) atoms. The highest BCUT2D eigenvalue weighted by Crippen LogP contribution is 2.37. The highest BCUT2D eigenvalue weighted by Gasteiger charge is 2.25. The van der Waals surface area contributed by atoms with Gasteiger partial charge in [-0.1, -0.05) is 60.5 Å². The van der Waals surface area contributed by atoms with Crippen LogP contribution in [0.2, 0.25) is 0 Å². The Morgan fingerprint density at radius 1 is 1.00 bits per heavy atom. The maximum atomic E-state index is 13.0. The number of rotatable bonds is 13. The summed E-state index contributed by atoms with van der Waals surface area (Å²) in [5.41, 5.74) is 6.01. The number of hydrogen-bond donors (Lipinski definition) is 6. The monoisotopic (exact) mass is 731 g/mol. The van der Waals surface area contributed by atoms with Crippen LogP contribution in [-0.2, 0) is 27.3 Å². The summed E-state index contributed by atoms with van der Waals surface area (Å²) in [5.74, 6) is 2.77. The number of phenolic OH excluding ortho intramolecular Hbond substituents is 1. The normalized spacial score (nSPS) is 14.9. The van der Waals surface area contributed by atoms with E-state index in [4.69, 9.17) is 15.9 Å². The first-order chi connectivity index (χ1) is 26.2. The van der Waals surface area contributed by atoms with Gasteiger partial charge < -0.3 is 40.5 Å². The molecule has 6 N–H and O–H groups in total. The van der Waals surface area contributed by atoms with Gasteiger partial charge in [-0.25, -0.2) is 4.79 Å². The van der Waals surface area contributed by atoms with Gasteiger partial charge in [0.1, 0.15) is 17.6 Å². The van der Waals surface area contributed by atoms with E-state index in [1.807, 2.05) is 54.6 Å². The molecule has 12 heteroatoms. The summed E-state index contributed by atoms with van der Waals surface area (Å²) in [4.78, 5) is 39.8. The van der Waals surface area contributed by atoms with E-state index in [1.165, 1.54) is 13.2 Å². The van der Waals surface area contributed by atoms with Crippen molar-refractivity contribution in [2.75, 3.05) is 49.2 Å². The molecule has 6 rings (SSSR count). The lowest BCUT2D eigenvalue weighted by Gasteiger charge is -2.31. The summed E-state index contributed by atoms with van der Waals surface area (Å²) < 4.78 is 11.4. The Kier molecular flexibility index (Phi) is 12.5. The molecule has 0 radical (unpaired) electrons. The number of ether oxygens (including phenoxy) is 2. The predicted octanol–water partition coefficient (Wildman–Crippen LogP) is 5.80. The topological polar surface area (TPSA) is 161 Å². The molecule has 0 aliphatic carbocycles. The molecule has 4 aromatic carbocycles. The number of fused-ring (bicyclic) bond motifs is 1. The zero-order valence-corrected chi connectivity index (χ0v) is 30.2. The smallest absolute Gasteiger partial charge is 0.411 e. The molecule has 1 atom stereocenters. The van der Waals surface area contributed by atoms with Crippen LogP contribution in [0.3, 0.4) is 0 Å². The van der Waals surface area contributed by atoms with Gasteiger partial charge >= 0.3 is 6.09 Å². The minimum atomic E-state index is -0.892. The number of carbonyl (C=O) groups excluding carboxylic acids is 3. The lowest BCUT2D eigenvalue weighted by Crippen LogP contribution is -2.39. The zero-order valence-electron chi connectivity index (χ0n) is 30.2. The van der Waals surface area contributed by atoms with E-state index < -0.39 is 12.2 Å². The largest absolute Gasteiger partial charge is 0.506 e. The molecule has 0 spiro atoms. The van der Waals surface area contributed by atoms with Crippen molar-refractivity contribution in [3.63, 3.8) is 0 Å². The Morgan fingerprint density at radius 2 is 1.76 bits per heavy atom. The standard InChI is InChI=1S/C42H45N5O7/c1-3-27-23-29(25-43-26-37(49)32-13-15-36(48)41-33(32)14-16-39(50)46-41)38(53-2)24-35(27)44-40(51)19-22-47-20-17-30(18-21-47)54-42(52)45-34-12-8-7-11-31(34)28-9-5-4-6-10-28/h1,4-13,15,23-24,30,37,43,48-49H,14,16-22,25-26H2,2H3,(H,44,51)(H,45,52)(H,46,50)/t37-/m0/s1. The van der Waals surface area contributed by atoms with Gasteiger partial charge in [-0.15, -0.1) is 6.42 Å². The van der Waals surface area contributed by atoms with Gasteiger partial charge in [0, 0.05) is 68.3 Å². The number of benzene rings is 4. The van der Waals surface area contributed by atoms with E-state index in [0.29, 0.717) is 79.4 Å². The van der Waals surface area contributed by atoms with Crippen molar-refractivity contribution in [2.24, 2.45) is 0 Å². The third kappa shape index (κ3) is 9.37. The molecule has 2 aliphatic rings. The van der Waals surface area contributed by atoms with Crippen molar-refractivity contribution in [1.82, 2.24) is 10.2 Å². The second-order valence-electron chi connectivity index (χ2n) is 13.4. The van der Waals surface area contributed by atoms with Crippen LogP contribution in [0.1, 0.15) is 54.0 Å². The average molecular weight is 732 g/mol. The molecule has 0 saturated carbocycles. The van der Waals surface area contributed by atoms with Gasteiger partial charge in [-0.05, 0) is 54.2 Å². The van der Waals surface area contributed by atoms with Crippen LogP contribution in [0.15, 0.2) is 78.9 Å². The fourth-order valence-electron chi connectivity index (χ4n) is 6.92. The van der Waals surface area contributed by atoms with Crippen molar-refractivity contribution in [3.8, 4) is 35.0 Å². The molecule has 0 unspecified atom stereocenters. The first-order valence-corrected chi connectivity index (χ1v) is 18.1. The first-order valence-electron chi connectivity index (χ1n) is 18.1. The summed E-state index contributed by atoms with van der Waals surface area (Å²) in [7, 11) is 1.53. The van der Waals surface area contributed by atoms with Gasteiger partial charge in [-0.2, -0.15) is 0 Å². The highest BCUT2D eigenvalue weighted by atomic mass is 16.6. The molecular formula is C42H45N5O7. The number of aliphatic hydroxyl groups excluding tert-OH is 1. The third-order valence-electron chi connectivity index (χ3n) is 9.77. The number of amides is 3. The fraction of sp³-hybridized carbons (Fsp3) is 0.310. The zero-order chi connectivity index (χ0) is 38.0. The average Bonchev–Trinajstić information content (AvgIpc) is 3.18. The second-order valence-corrected chi connectivity index (χ2v) is 13.4. The van der Waals surface area contributed by atoms with Crippen LogP contribution in [0.25, 0.3) is 11.1 Å². The number of hydrogen-bond acceptors (Lipinski definition) is 9. The molecule has 2 aliphatic heterocycles. The number of nitrogens with zero attached hydrogens (tertiary/aromatic N) is 1. The van der Waals surface area contributed by atoms with Gasteiger partial charge in [0.2, 0.25) is 11.8 Å². The molecule has 12 nitrogen and oxygen atoms in total. The van der Waals surface area contributed by atoms with E-state index in [2.05, 4.69) is 32.1 Å². The first kappa shape index (κ1) is 37.9. The van der Waals surface area contributed by atoms with Gasteiger partial charge in [0.25, 0.3) is 0 Å². The Bertz CT molecular complexity index is 2020. The van der Waals surface area contributed by atoms with Gasteiger partial charge in [-0.3, -0.25) is 14.9 Å². The van der Waals surface area contributed by atoms with Crippen molar-refractivity contribution < 1.29 is 34.1 Å². The SMILES string of the molecule is C#Cc1cc(CNC[C@H](O)c2ccc(O)c3c2CCC(=O)N3)c(OC)cc1NC(=O)CCN1CCC(OC(=O)Nc2ccccc2-c2ccccc2)CC1. The Hall–Kier alpha value is -5.87. The minimum Gasteiger partial charge on any atom is -0.506 e. The third-order valence-corrected chi connectivity index (χ3v) is 9.77. The Balaban J connectivity index is 0.956. The minimum absolute atomic E-state index is 0.0314. The Morgan fingerprint density at radius 3 is 2.52 bits per heavy atom. The molecule has 0 bridgehead atoms. The highest BCUT2D eigenvalue weighted by molar-refractivity contribution is 5.96. The van der Waals surface area contributed by atoms with E-state index in [9.17, 15) is 24.6 Å². The van der Waals surface area contributed by atoms with Crippen LogP contribution >= 0.6 is 0 Å². The molecule has 1 fully saturated rings. The van der Waals surface area contributed by atoms with E-state index >= 15 is 0 Å². The maximum Gasteiger partial charge on any atom is 0.411 e. The number of para-hydroxylation sites is 1. The summed E-state index contributed by atoms with van der Waals surface area (Å²) in [6.45, 7) is 2.44. The van der Waals surface area contributed by atoms with E-state index in [-0.39, 0.29) is 43.1 Å². The summed E-state index contributed by atoms with van der Waals surface area (Å²) in [6.07, 6.45) is 6.52. The number of carbonyl (C=O) groups is 3. The summed E-state index contributed by atoms with van der Waals surface area (Å²) in [5, 5.41) is 32.9. The number of methoxy groups -OCH3 is 1. The van der Waals surface area contributed by atoms with Crippen LogP contribution in [-0.4, -0.2) is 72.4 Å². The molecular weight excluding hydrogens is 686 g/mol. The molecule has 4 aromatic rings. The van der Waals surface area contributed by atoms with Crippen LogP contribution in [0, 0.1) is 12.3 Å². The number of anilines is 3. The summed E-state index contributed by atoms with van der Waals surface area (Å²) in [6, 6.07) is 24.1. The molecule has 280 valence electrons. The van der Waals surface area contributed by atoms with Crippen LogP contribution < -0.4 is 26.0 Å². The number of terminal acetylenes is 1. The Labute approximate surface area is 314 Å². The van der Waals surface area contributed by atoms with Crippen molar-refractivity contribution in [3.05, 3.63) is 101 Å². The number of nitrogens with one attached hydrogen (secondary N) is 4.